The maximum atomic E-state index is 13.9. The lowest BCUT2D eigenvalue weighted by molar-refractivity contribution is -0.168. The molecule has 0 aliphatic rings. The predicted molar refractivity (Wildman–Crippen MR) is 107 cm³/mol. The Kier molecular flexibility index (Phi) is 8.37. The molecule has 0 radical (unpaired) electrons. The molecule has 1 aromatic heterocycles. The normalized spacial score (nSPS) is 12.9. The SMILES string of the molecule is CC[C@H](CS(=O)(=O)c1cc(C(=O)Nc2ccc(F)c(Cl)c2F)n(C)c1)C(F)(F)F.S. The van der Waals surface area contributed by atoms with Crippen LogP contribution in [0.4, 0.5) is 27.6 Å². The molecule has 0 bridgehead atoms. The van der Waals surface area contributed by atoms with E-state index in [1.54, 1.807) is 0 Å². The number of alkyl halides is 3. The van der Waals surface area contributed by atoms with E-state index in [4.69, 9.17) is 11.6 Å². The lowest BCUT2D eigenvalue weighted by atomic mass is 10.1. The zero-order chi connectivity index (χ0) is 22.1. The van der Waals surface area contributed by atoms with Gasteiger partial charge < -0.3 is 9.88 Å². The van der Waals surface area contributed by atoms with Crippen molar-refractivity contribution in [3.8, 4) is 0 Å². The molecule has 1 N–H and O–H groups in total. The third-order valence-corrected chi connectivity index (χ3v) is 6.36. The Hall–Kier alpha value is -1.79. The number of carbonyl (C=O) groups is 1. The fraction of sp³-hybridized carbons (Fsp3) is 0.353. The van der Waals surface area contributed by atoms with Crippen molar-refractivity contribution < 1.29 is 35.2 Å². The lowest BCUT2D eigenvalue weighted by Crippen LogP contribution is -2.29. The Bertz CT molecular complexity index is 1040. The zero-order valence-corrected chi connectivity index (χ0v) is 18.2. The second-order valence-corrected chi connectivity index (χ2v) is 8.69. The summed E-state index contributed by atoms with van der Waals surface area (Å²) < 4.78 is 91.7. The first-order valence-electron chi connectivity index (χ1n) is 8.18. The molecular weight excluding hydrogens is 475 g/mol. The summed E-state index contributed by atoms with van der Waals surface area (Å²) in [6, 6.07) is 2.63. The summed E-state index contributed by atoms with van der Waals surface area (Å²) >= 11 is 5.43. The van der Waals surface area contributed by atoms with Crippen LogP contribution in [0.3, 0.4) is 0 Å². The summed E-state index contributed by atoms with van der Waals surface area (Å²) in [4.78, 5) is 11.9. The number of rotatable bonds is 6. The van der Waals surface area contributed by atoms with E-state index in [-0.39, 0.29) is 19.2 Å². The van der Waals surface area contributed by atoms with Gasteiger partial charge in [0.2, 0.25) is 0 Å². The molecule has 168 valence electrons. The van der Waals surface area contributed by atoms with E-state index in [1.165, 1.54) is 14.0 Å². The Balaban J connectivity index is 0.00000450. The molecule has 1 aromatic carbocycles. The average Bonchev–Trinajstić information content (AvgIpc) is 3.02. The Morgan fingerprint density at radius 1 is 1.27 bits per heavy atom. The van der Waals surface area contributed by atoms with Gasteiger partial charge in [-0.15, -0.1) is 0 Å². The van der Waals surface area contributed by atoms with Gasteiger partial charge in [-0.2, -0.15) is 26.7 Å². The number of carbonyl (C=O) groups excluding carboxylic acids is 1. The minimum Gasteiger partial charge on any atom is -0.345 e. The van der Waals surface area contributed by atoms with Crippen molar-refractivity contribution in [2.75, 3.05) is 11.1 Å². The van der Waals surface area contributed by atoms with Crippen LogP contribution in [0.5, 0.6) is 0 Å². The molecule has 0 aliphatic carbocycles. The van der Waals surface area contributed by atoms with Gasteiger partial charge >= 0.3 is 6.18 Å². The molecule has 1 heterocycles. The van der Waals surface area contributed by atoms with E-state index in [2.05, 4.69) is 5.32 Å². The molecule has 0 saturated heterocycles. The molecule has 2 aromatic rings. The molecule has 0 aliphatic heterocycles. The number of hydrogen-bond acceptors (Lipinski definition) is 3. The first-order valence-corrected chi connectivity index (χ1v) is 10.2. The number of nitrogens with one attached hydrogen (secondary N) is 1. The Labute approximate surface area is 181 Å². The average molecular weight is 493 g/mol. The minimum absolute atomic E-state index is 0. The van der Waals surface area contributed by atoms with Gasteiger partial charge in [0.15, 0.2) is 15.7 Å². The molecule has 0 saturated carbocycles. The third-order valence-electron chi connectivity index (χ3n) is 4.23. The number of sulfone groups is 1. The number of halogens is 6. The number of anilines is 1. The topological polar surface area (TPSA) is 68.2 Å². The highest BCUT2D eigenvalue weighted by atomic mass is 35.5. The van der Waals surface area contributed by atoms with E-state index >= 15 is 0 Å². The van der Waals surface area contributed by atoms with E-state index in [1.807, 2.05) is 0 Å². The van der Waals surface area contributed by atoms with Crippen LogP contribution in [0.25, 0.3) is 0 Å². The van der Waals surface area contributed by atoms with Gasteiger partial charge in [-0.25, -0.2) is 17.2 Å². The number of aromatic nitrogens is 1. The molecule has 5 nitrogen and oxygen atoms in total. The standard InChI is InChI=1S/C17H16ClF5N2O3S.H2S/c1-3-9(17(21,22)23)8-29(27,28)10-6-13(25(2)7-10)16(26)24-12-5-4-11(19)14(18)15(12)20;/h4-7,9H,3,8H2,1-2H3,(H,24,26);1H2/t9-;/m1./s1. The van der Waals surface area contributed by atoms with Gasteiger partial charge in [0.05, 0.1) is 22.3 Å². The summed E-state index contributed by atoms with van der Waals surface area (Å²) in [6.07, 6.45) is -4.12. The molecule has 13 heteroatoms. The van der Waals surface area contributed by atoms with Gasteiger partial charge in [0.1, 0.15) is 16.5 Å². The van der Waals surface area contributed by atoms with Crippen LogP contribution in [0.1, 0.15) is 23.8 Å². The van der Waals surface area contributed by atoms with Crippen LogP contribution in [0.15, 0.2) is 29.3 Å². The largest absolute Gasteiger partial charge is 0.392 e. The van der Waals surface area contributed by atoms with Gasteiger partial charge in [-0.1, -0.05) is 18.5 Å². The Morgan fingerprint density at radius 2 is 1.87 bits per heavy atom. The molecule has 0 unspecified atom stereocenters. The van der Waals surface area contributed by atoms with E-state index < -0.39 is 67.3 Å². The van der Waals surface area contributed by atoms with Crippen molar-refractivity contribution >= 4 is 46.5 Å². The number of benzene rings is 1. The fourth-order valence-electron chi connectivity index (χ4n) is 2.54. The maximum absolute atomic E-state index is 13.9. The summed E-state index contributed by atoms with van der Waals surface area (Å²) in [5, 5.41) is 1.28. The maximum Gasteiger partial charge on any atom is 0.392 e. The van der Waals surface area contributed by atoms with Gasteiger partial charge in [0.25, 0.3) is 5.91 Å². The van der Waals surface area contributed by atoms with E-state index in [0.29, 0.717) is 0 Å². The van der Waals surface area contributed by atoms with Gasteiger partial charge in [-0.3, -0.25) is 4.79 Å². The van der Waals surface area contributed by atoms with Crippen LogP contribution >= 0.6 is 25.1 Å². The second-order valence-electron chi connectivity index (χ2n) is 6.28. The van der Waals surface area contributed by atoms with Crippen molar-refractivity contribution in [2.45, 2.75) is 24.4 Å². The van der Waals surface area contributed by atoms with Gasteiger partial charge in [-0.05, 0) is 24.6 Å². The predicted octanol–water partition coefficient (Wildman–Crippen LogP) is 4.68. The first-order chi connectivity index (χ1) is 13.3. The molecule has 1 atom stereocenters. The highest BCUT2D eigenvalue weighted by molar-refractivity contribution is 7.91. The van der Waals surface area contributed by atoms with Crippen LogP contribution in [0, 0.1) is 17.6 Å². The summed E-state index contributed by atoms with van der Waals surface area (Å²) in [5.41, 5.74) is -0.710. The molecular formula is C17H18ClF5N2O3S2. The monoisotopic (exact) mass is 492 g/mol. The zero-order valence-electron chi connectivity index (χ0n) is 15.6. The quantitative estimate of drug-likeness (QED) is 0.470. The number of amides is 1. The van der Waals surface area contributed by atoms with Crippen molar-refractivity contribution in [3.63, 3.8) is 0 Å². The fourth-order valence-corrected chi connectivity index (χ4v) is 4.47. The highest BCUT2D eigenvalue weighted by Gasteiger charge is 2.41. The van der Waals surface area contributed by atoms with Crippen molar-refractivity contribution in [3.05, 3.63) is 46.7 Å². The second kappa shape index (κ2) is 9.56. The minimum atomic E-state index is -4.68. The summed E-state index contributed by atoms with van der Waals surface area (Å²) in [6.45, 7) is 1.22. The van der Waals surface area contributed by atoms with Crippen molar-refractivity contribution in [1.29, 1.82) is 0 Å². The smallest absolute Gasteiger partial charge is 0.345 e. The lowest BCUT2D eigenvalue weighted by Gasteiger charge is -2.17. The van der Waals surface area contributed by atoms with Crippen LogP contribution in [-0.2, 0) is 16.9 Å². The Morgan fingerprint density at radius 3 is 2.40 bits per heavy atom. The first kappa shape index (κ1) is 26.2. The van der Waals surface area contributed by atoms with Crippen LogP contribution in [-0.4, -0.2) is 30.8 Å². The molecule has 2 rings (SSSR count). The van der Waals surface area contributed by atoms with Crippen molar-refractivity contribution in [1.82, 2.24) is 4.57 Å². The van der Waals surface area contributed by atoms with E-state index in [0.717, 1.165) is 29.0 Å². The molecule has 30 heavy (non-hydrogen) atoms. The summed E-state index contributed by atoms with van der Waals surface area (Å²) in [5.74, 6) is -6.44. The third kappa shape index (κ3) is 5.67. The number of hydrogen-bond donors (Lipinski definition) is 1. The van der Waals surface area contributed by atoms with Crippen LogP contribution in [0.2, 0.25) is 5.02 Å². The van der Waals surface area contributed by atoms with Crippen LogP contribution < -0.4 is 5.32 Å². The number of aryl methyl sites for hydroxylation is 1. The van der Waals surface area contributed by atoms with Gasteiger partial charge in [0, 0.05) is 13.2 Å². The molecule has 0 fully saturated rings. The van der Waals surface area contributed by atoms with Crippen molar-refractivity contribution in [2.24, 2.45) is 13.0 Å². The van der Waals surface area contributed by atoms with E-state index in [9.17, 15) is 35.2 Å². The molecule has 1 amide bonds. The highest BCUT2D eigenvalue weighted by Crippen LogP contribution is 2.32. The summed E-state index contributed by atoms with van der Waals surface area (Å²) in [7, 11) is -3.05. The molecule has 0 spiro atoms. The number of nitrogens with zero attached hydrogens (tertiary/aromatic N) is 1.